The highest BCUT2D eigenvalue weighted by molar-refractivity contribution is 6.01. The second-order valence-corrected chi connectivity index (χ2v) is 13.4. The monoisotopic (exact) mass is 712 g/mol. The molecule has 0 aromatic heterocycles. The fourth-order valence-corrected chi connectivity index (χ4v) is 5.52. The molecule has 8 nitrogen and oxygen atoms in total. The van der Waals surface area contributed by atoms with Crippen LogP contribution in [-0.4, -0.2) is 26.3 Å². The molecule has 8 heteroatoms. The van der Waals surface area contributed by atoms with Gasteiger partial charge in [0.25, 0.3) is 0 Å². The third-order valence-electron chi connectivity index (χ3n) is 8.53. The van der Waals surface area contributed by atoms with Gasteiger partial charge in [0.15, 0.2) is 0 Å². The Morgan fingerprint density at radius 3 is 1.52 bits per heavy atom. The molecule has 4 amide bonds. The molecule has 0 radical (unpaired) electrons. The Morgan fingerprint density at radius 1 is 0.500 bits per heavy atom. The Balaban J connectivity index is 1.21. The molecule has 0 aliphatic rings. The minimum Gasteiger partial charge on any atom is -0.497 e. The summed E-state index contributed by atoms with van der Waals surface area (Å²) in [5.74, 6) is 14.5. The maximum atomic E-state index is 13.0. The van der Waals surface area contributed by atoms with Gasteiger partial charge >= 0.3 is 12.1 Å². The lowest BCUT2D eigenvalue weighted by Gasteiger charge is -2.20. The van der Waals surface area contributed by atoms with Crippen LogP contribution in [0, 0.1) is 23.7 Å². The molecule has 0 spiro atoms. The maximum absolute atomic E-state index is 13.0. The summed E-state index contributed by atoms with van der Waals surface area (Å²) in [4.78, 5) is 25.7. The van der Waals surface area contributed by atoms with Crippen LogP contribution in [0.5, 0.6) is 11.5 Å². The molecule has 0 heterocycles. The molecular weight excluding hydrogens is 673 g/mol. The lowest BCUT2D eigenvalue weighted by Crippen LogP contribution is -2.20. The Hall–Kier alpha value is -7.16. The molecule has 0 aliphatic carbocycles. The molecule has 0 saturated carbocycles. The van der Waals surface area contributed by atoms with Gasteiger partial charge in [-0.25, -0.2) is 9.59 Å². The standard InChI is InChI=1S/C46H40N4O4/c1-46(2,3)37-18-27-43(50-45(52)48-39-21-25-41(54-5)26-22-39)35(30-37)17-13-32-11-15-33-14-10-31(28-36(33)29-32)12-16-34-8-6-7-9-42(34)49-44(51)47-38-19-23-40(53-4)24-20-38/h6-11,14-15,18-30H,1-5H3,(H2,47,49,51)(H2,48,50,52). The molecule has 0 atom stereocenters. The number of rotatable bonds is 6. The van der Waals surface area contributed by atoms with Gasteiger partial charge in [0.2, 0.25) is 0 Å². The van der Waals surface area contributed by atoms with Crippen LogP contribution in [0.15, 0.2) is 127 Å². The topological polar surface area (TPSA) is 101 Å². The zero-order valence-corrected chi connectivity index (χ0v) is 30.8. The lowest BCUT2D eigenvalue weighted by molar-refractivity contribution is 0.261. The van der Waals surface area contributed by atoms with Crippen LogP contribution in [-0.2, 0) is 5.41 Å². The van der Waals surface area contributed by atoms with Crippen molar-refractivity contribution in [1.29, 1.82) is 0 Å². The van der Waals surface area contributed by atoms with Crippen LogP contribution in [0.1, 0.15) is 48.6 Å². The normalized spacial score (nSPS) is 10.5. The number of para-hydroxylation sites is 1. The highest BCUT2D eigenvalue weighted by Crippen LogP contribution is 2.27. The largest absolute Gasteiger partial charge is 0.497 e. The van der Waals surface area contributed by atoms with Crippen molar-refractivity contribution in [2.75, 3.05) is 35.5 Å². The summed E-state index contributed by atoms with van der Waals surface area (Å²) < 4.78 is 10.4. The summed E-state index contributed by atoms with van der Waals surface area (Å²) >= 11 is 0. The van der Waals surface area contributed by atoms with Gasteiger partial charge in [0.1, 0.15) is 11.5 Å². The average Bonchev–Trinajstić information content (AvgIpc) is 3.17. The van der Waals surface area contributed by atoms with Gasteiger partial charge in [-0.05, 0) is 119 Å². The molecular formula is C46H40N4O4. The number of urea groups is 2. The van der Waals surface area contributed by atoms with Crippen molar-refractivity contribution in [3.8, 4) is 35.2 Å². The van der Waals surface area contributed by atoms with Gasteiger partial charge < -0.3 is 30.7 Å². The van der Waals surface area contributed by atoms with E-state index < -0.39 is 0 Å². The number of methoxy groups -OCH3 is 2. The number of nitrogens with one attached hydrogen (secondary N) is 4. The number of amides is 4. The van der Waals surface area contributed by atoms with Gasteiger partial charge in [-0.2, -0.15) is 0 Å². The molecule has 0 saturated heterocycles. The van der Waals surface area contributed by atoms with Crippen molar-refractivity contribution in [1.82, 2.24) is 0 Å². The van der Waals surface area contributed by atoms with E-state index in [9.17, 15) is 9.59 Å². The number of hydrogen-bond acceptors (Lipinski definition) is 4. The van der Waals surface area contributed by atoms with Crippen LogP contribution in [0.25, 0.3) is 10.8 Å². The van der Waals surface area contributed by atoms with Crippen molar-refractivity contribution < 1.29 is 19.1 Å². The van der Waals surface area contributed by atoms with E-state index in [1.54, 1.807) is 62.8 Å². The minimum atomic E-state index is -0.376. The highest BCUT2D eigenvalue weighted by atomic mass is 16.5. The quantitative estimate of drug-likeness (QED) is 0.129. The van der Waals surface area contributed by atoms with E-state index in [1.165, 1.54) is 0 Å². The van der Waals surface area contributed by atoms with E-state index in [-0.39, 0.29) is 17.5 Å². The van der Waals surface area contributed by atoms with Crippen molar-refractivity contribution in [3.63, 3.8) is 0 Å². The molecule has 6 rings (SSSR count). The highest BCUT2D eigenvalue weighted by Gasteiger charge is 2.16. The third-order valence-corrected chi connectivity index (χ3v) is 8.53. The van der Waals surface area contributed by atoms with E-state index in [4.69, 9.17) is 9.47 Å². The van der Waals surface area contributed by atoms with Gasteiger partial charge in [-0.1, -0.05) is 74.8 Å². The second kappa shape index (κ2) is 16.5. The Bertz CT molecular complexity index is 2440. The Morgan fingerprint density at radius 2 is 1.00 bits per heavy atom. The van der Waals surface area contributed by atoms with Crippen LogP contribution in [0.3, 0.4) is 0 Å². The first kappa shape index (κ1) is 36.6. The minimum absolute atomic E-state index is 0.110. The Labute approximate surface area is 315 Å². The summed E-state index contributed by atoms with van der Waals surface area (Å²) in [6.45, 7) is 6.42. The van der Waals surface area contributed by atoms with Crippen molar-refractivity contribution in [2.45, 2.75) is 26.2 Å². The number of hydrogen-bond donors (Lipinski definition) is 4. The van der Waals surface area contributed by atoms with Gasteiger partial charge in [-0.3, -0.25) is 0 Å². The average molecular weight is 713 g/mol. The van der Waals surface area contributed by atoms with E-state index >= 15 is 0 Å². The summed E-state index contributed by atoms with van der Waals surface area (Å²) in [6.07, 6.45) is 0. The number of benzene rings is 6. The van der Waals surface area contributed by atoms with E-state index in [0.29, 0.717) is 45.4 Å². The van der Waals surface area contributed by atoms with E-state index in [0.717, 1.165) is 27.5 Å². The van der Waals surface area contributed by atoms with Gasteiger partial charge in [0.05, 0.1) is 25.6 Å². The van der Waals surface area contributed by atoms with Crippen LogP contribution < -0.4 is 30.7 Å². The first-order valence-electron chi connectivity index (χ1n) is 17.3. The molecule has 6 aromatic rings. The molecule has 0 unspecified atom stereocenters. The van der Waals surface area contributed by atoms with Crippen molar-refractivity contribution in [2.24, 2.45) is 0 Å². The van der Waals surface area contributed by atoms with Crippen LogP contribution in [0.2, 0.25) is 0 Å². The number of anilines is 4. The molecule has 4 N–H and O–H groups in total. The van der Waals surface area contributed by atoms with Crippen LogP contribution in [0.4, 0.5) is 32.3 Å². The fourth-order valence-electron chi connectivity index (χ4n) is 5.52. The summed E-state index contributed by atoms with van der Waals surface area (Å²) in [7, 11) is 3.19. The third kappa shape index (κ3) is 9.58. The number of carbonyl (C=O) groups excluding carboxylic acids is 2. The number of carbonyl (C=O) groups is 2. The predicted molar refractivity (Wildman–Crippen MR) is 219 cm³/mol. The summed E-state index contributed by atoms with van der Waals surface area (Å²) in [5, 5.41) is 13.6. The van der Waals surface area contributed by atoms with E-state index in [1.807, 2.05) is 78.9 Å². The first-order chi connectivity index (χ1) is 26.1. The zero-order valence-electron chi connectivity index (χ0n) is 30.8. The molecule has 0 bridgehead atoms. The maximum Gasteiger partial charge on any atom is 0.323 e. The SMILES string of the molecule is COc1ccc(NC(=O)Nc2ccccc2C#Cc2ccc3ccc(C#Cc4cc(C(C)(C)C)ccc4NC(=O)Nc4ccc(OC)cc4)cc3c2)cc1. The Kier molecular flexibility index (Phi) is 11.2. The predicted octanol–water partition coefficient (Wildman–Crippen LogP) is 10.2. The number of ether oxygens (including phenoxy) is 2. The van der Waals surface area contributed by atoms with Gasteiger partial charge in [0, 0.05) is 33.6 Å². The van der Waals surface area contributed by atoms with Crippen molar-refractivity contribution >= 4 is 45.6 Å². The molecule has 54 heavy (non-hydrogen) atoms. The molecule has 0 aliphatic heterocycles. The smallest absolute Gasteiger partial charge is 0.323 e. The van der Waals surface area contributed by atoms with Crippen molar-refractivity contribution in [3.05, 3.63) is 155 Å². The molecule has 268 valence electrons. The summed E-state index contributed by atoms with van der Waals surface area (Å²) in [6, 6.07) is 38.9. The molecule has 6 aromatic carbocycles. The van der Waals surface area contributed by atoms with Crippen LogP contribution >= 0.6 is 0 Å². The molecule has 0 fully saturated rings. The lowest BCUT2D eigenvalue weighted by atomic mass is 9.86. The van der Waals surface area contributed by atoms with Gasteiger partial charge in [-0.15, -0.1) is 0 Å². The van der Waals surface area contributed by atoms with E-state index in [2.05, 4.69) is 65.7 Å². The second-order valence-electron chi connectivity index (χ2n) is 13.4. The number of fused-ring (bicyclic) bond motifs is 1. The summed E-state index contributed by atoms with van der Waals surface area (Å²) in [5.41, 5.74) is 6.49. The zero-order chi connectivity index (χ0) is 38.1. The fraction of sp³-hybridized carbons (Fsp3) is 0.130. The first-order valence-corrected chi connectivity index (χ1v) is 17.3.